The maximum atomic E-state index is 9.77. The van der Waals surface area contributed by atoms with Crippen LogP contribution in [0.1, 0.15) is 5.56 Å². The highest BCUT2D eigenvalue weighted by Gasteiger charge is 2.07. The number of hydrogen-bond acceptors (Lipinski definition) is 5. The molecule has 0 spiro atoms. The molecule has 0 radical (unpaired) electrons. The van der Waals surface area contributed by atoms with Crippen LogP contribution in [-0.2, 0) is 0 Å². The molecule has 0 saturated heterocycles. The predicted molar refractivity (Wildman–Crippen MR) is 85.6 cm³/mol. The summed E-state index contributed by atoms with van der Waals surface area (Å²) in [4.78, 5) is 0. The van der Waals surface area contributed by atoms with Crippen molar-refractivity contribution < 1.29 is 10.2 Å². The Morgan fingerprint density at radius 1 is 1.14 bits per heavy atom. The summed E-state index contributed by atoms with van der Waals surface area (Å²) in [6.07, 6.45) is 1.45. The van der Waals surface area contributed by atoms with E-state index in [1.54, 1.807) is 6.07 Å². The Balaban J connectivity index is 2.01. The number of benzene rings is 2. The van der Waals surface area contributed by atoms with Crippen LogP contribution in [0.4, 0.5) is 0 Å². The number of aromatic nitrogens is 3. The van der Waals surface area contributed by atoms with E-state index in [0.717, 1.165) is 5.56 Å². The fourth-order valence-electron chi connectivity index (χ4n) is 1.93. The molecule has 0 unspecified atom stereocenters. The maximum Gasteiger partial charge on any atom is 0.216 e. The summed E-state index contributed by atoms with van der Waals surface area (Å²) in [6, 6.07) is 13.8. The van der Waals surface area contributed by atoms with Gasteiger partial charge in [-0.3, -0.25) is 0 Å². The number of H-pyrrole nitrogens is 1. The minimum absolute atomic E-state index is 0.0143. The van der Waals surface area contributed by atoms with Crippen molar-refractivity contribution in [2.75, 3.05) is 0 Å². The molecule has 22 heavy (non-hydrogen) atoms. The van der Waals surface area contributed by atoms with Crippen molar-refractivity contribution in [3.63, 3.8) is 0 Å². The number of rotatable bonds is 3. The molecule has 0 fully saturated rings. The van der Waals surface area contributed by atoms with Crippen molar-refractivity contribution in [1.29, 1.82) is 0 Å². The average Bonchev–Trinajstić information content (AvgIpc) is 2.88. The van der Waals surface area contributed by atoms with E-state index in [0.29, 0.717) is 16.2 Å². The molecule has 6 nitrogen and oxygen atoms in total. The molecule has 3 N–H and O–H groups in total. The Morgan fingerprint density at radius 2 is 1.91 bits per heavy atom. The van der Waals surface area contributed by atoms with Gasteiger partial charge in [0.25, 0.3) is 0 Å². The summed E-state index contributed by atoms with van der Waals surface area (Å²) in [5.74, 6) is 0.486. The average molecular weight is 312 g/mol. The number of aromatic hydroxyl groups is 2. The van der Waals surface area contributed by atoms with E-state index in [2.05, 4.69) is 15.3 Å². The summed E-state index contributed by atoms with van der Waals surface area (Å²) >= 11 is 5.17. The number of hydrogen-bond donors (Lipinski definition) is 3. The number of aromatic amines is 1. The van der Waals surface area contributed by atoms with Crippen LogP contribution in [0.5, 0.6) is 11.5 Å². The molecule has 3 rings (SSSR count). The lowest BCUT2D eigenvalue weighted by molar-refractivity contribution is 0.450. The van der Waals surface area contributed by atoms with Crippen LogP contribution >= 0.6 is 12.2 Å². The summed E-state index contributed by atoms with van der Waals surface area (Å²) in [7, 11) is 0. The monoisotopic (exact) mass is 312 g/mol. The molecule has 0 bridgehead atoms. The second-order valence-corrected chi connectivity index (χ2v) is 4.90. The third kappa shape index (κ3) is 2.75. The number of nitrogens with one attached hydrogen (secondary N) is 1. The van der Waals surface area contributed by atoms with Gasteiger partial charge in [0.1, 0.15) is 11.5 Å². The summed E-state index contributed by atoms with van der Waals surface area (Å²) in [6.45, 7) is 0. The van der Waals surface area contributed by atoms with E-state index in [1.165, 1.54) is 23.0 Å². The first-order chi connectivity index (χ1) is 10.6. The van der Waals surface area contributed by atoms with Crippen molar-refractivity contribution in [2.24, 2.45) is 5.10 Å². The molecule has 0 atom stereocenters. The molecule has 0 amide bonds. The van der Waals surface area contributed by atoms with Crippen molar-refractivity contribution in [3.8, 4) is 22.9 Å². The van der Waals surface area contributed by atoms with Gasteiger partial charge in [0.05, 0.1) is 6.21 Å². The largest absolute Gasteiger partial charge is 0.508 e. The zero-order chi connectivity index (χ0) is 15.5. The van der Waals surface area contributed by atoms with E-state index in [9.17, 15) is 10.2 Å². The van der Waals surface area contributed by atoms with Crippen LogP contribution < -0.4 is 0 Å². The number of phenolic OH excluding ortho intramolecular Hbond substituents is 2. The molecule has 3 aromatic rings. The van der Waals surface area contributed by atoms with Gasteiger partial charge in [-0.1, -0.05) is 30.3 Å². The molecule has 1 heterocycles. The first-order valence-corrected chi connectivity index (χ1v) is 6.85. The van der Waals surface area contributed by atoms with Gasteiger partial charge in [0, 0.05) is 17.2 Å². The molecule has 2 aromatic carbocycles. The Kier molecular flexibility index (Phi) is 3.71. The molecule has 0 aliphatic carbocycles. The van der Waals surface area contributed by atoms with Crippen molar-refractivity contribution >= 4 is 18.4 Å². The Morgan fingerprint density at radius 3 is 2.64 bits per heavy atom. The topological polar surface area (TPSA) is 86.4 Å². The Labute approximate surface area is 131 Å². The molecular formula is C15H12N4O2S. The SMILES string of the molecule is Oc1ccc(C=Nn2c(-c3ccccc3)n[nH]c2=S)c(O)c1. The predicted octanol–water partition coefficient (Wildman–Crippen LogP) is 2.90. The third-order valence-corrected chi connectivity index (χ3v) is 3.27. The minimum atomic E-state index is -0.0694. The fraction of sp³-hybridized carbons (Fsp3) is 0. The van der Waals surface area contributed by atoms with Gasteiger partial charge in [-0.2, -0.15) is 14.9 Å². The second-order valence-electron chi connectivity index (χ2n) is 4.52. The van der Waals surface area contributed by atoms with Gasteiger partial charge < -0.3 is 10.2 Å². The third-order valence-electron chi connectivity index (χ3n) is 3.01. The first kappa shape index (κ1) is 14.0. The highest BCUT2D eigenvalue weighted by atomic mass is 32.1. The zero-order valence-electron chi connectivity index (χ0n) is 11.3. The summed E-state index contributed by atoms with van der Waals surface area (Å²) in [5.41, 5.74) is 1.32. The van der Waals surface area contributed by atoms with Crippen LogP contribution in [0.3, 0.4) is 0 Å². The van der Waals surface area contributed by atoms with Crippen LogP contribution in [0.25, 0.3) is 11.4 Å². The first-order valence-electron chi connectivity index (χ1n) is 6.44. The second kappa shape index (κ2) is 5.82. The minimum Gasteiger partial charge on any atom is -0.508 e. The van der Waals surface area contributed by atoms with Gasteiger partial charge in [-0.15, -0.1) is 0 Å². The molecular weight excluding hydrogens is 300 g/mol. The quantitative estimate of drug-likeness (QED) is 0.513. The van der Waals surface area contributed by atoms with E-state index < -0.39 is 0 Å². The van der Waals surface area contributed by atoms with Gasteiger partial charge in [-0.05, 0) is 24.4 Å². The number of nitrogens with zero attached hydrogens (tertiary/aromatic N) is 3. The van der Waals surface area contributed by atoms with Crippen molar-refractivity contribution in [1.82, 2.24) is 14.9 Å². The van der Waals surface area contributed by atoms with Crippen LogP contribution in [0, 0.1) is 4.77 Å². The van der Waals surface area contributed by atoms with E-state index in [4.69, 9.17) is 12.2 Å². The van der Waals surface area contributed by atoms with Gasteiger partial charge in [-0.25, -0.2) is 5.10 Å². The lowest BCUT2D eigenvalue weighted by atomic mass is 10.2. The fourth-order valence-corrected chi connectivity index (χ4v) is 2.11. The van der Waals surface area contributed by atoms with Gasteiger partial charge >= 0.3 is 0 Å². The Hall–Kier alpha value is -2.93. The van der Waals surface area contributed by atoms with E-state index in [-0.39, 0.29) is 11.5 Å². The lowest BCUT2D eigenvalue weighted by Gasteiger charge is -2.02. The molecule has 0 aliphatic rings. The molecule has 110 valence electrons. The zero-order valence-corrected chi connectivity index (χ0v) is 12.2. The van der Waals surface area contributed by atoms with Crippen LogP contribution in [0.2, 0.25) is 0 Å². The molecule has 1 aromatic heterocycles. The summed E-state index contributed by atoms with van der Waals surface area (Å²) in [5, 5.41) is 30.2. The van der Waals surface area contributed by atoms with E-state index in [1.807, 2.05) is 30.3 Å². The van der Waals surface area contributed by atoms with Crippen molar-refractivity contribution in [2.45, 2.75) is 0 Å². The maximum absolute atomic E-state index is 9.77. The number of phenols is 2. The Bertz CT molecular complexity index is 884. The van der Waals surface area contributed by atoms with Gasteiger partial charge in [0.15, 0.2) is 5.82 Å². The van der Waals surface area contributed by atoms with Crippen molar-refractivity contribution in [3.05, 3.63) is 58.9 Å². The van der Waals surface area contributed by atoms with Crippen LogP contribution in [-0.4, -0.2) is 31.3 Å². The van der Waals surface area contributed by atoms with Crippen LogP contribution in [0.15, 0.2) is 53.6 Å². The molecule has 0 saturated carbocycles. The standard InChI is InChI=1S/C15H12N4O2S/c20-12-7-6-11(13(21)8-12)9-16-19-14(17-18-15(19)22)10-4-2-1-3-5-10/h1-9,20-21H,(H,18,22). The lowest BCUT2D eigenvalue weighted by Crippen LogP contribution is -1.95. The highest BCUT2D eigenvalue weighted by Crippen LogP contribution is 2.21. The van der Waals surface area contributed by atoms with E-state index >= 15 is 0 Å². The molecule has 7 heteroatoms. The highest BCUT2D eigenvalue weighted by molar-refractivity contribution is 7.71. The molecule has 0 aliphatic heterocycles. The normalized spacial score (nSPS) is 11.1. The smallest absolute Gasteiger partial charge is 0.216 e. The van der Waals surface area contributed by atoms with Gasteiger partial charge in [0.2, 0.25) is 4.77 Å². The summed E-state index contributed by atoms with van der Waals surface area (Å²) < 4.78 is 1.81.